The lowest BCUT2D eigenvalue weighted by Gasteiger charge is -2.44. The van der Waals surface area contributed by atoms with Crippen molar-refractivity contribution in [3.05, 3.63) is 11.1 Å². The van der Waals surface area contributed by atoms with E-state index >= 15 is 0 Å². The van der Waals surface area contributed by atoms with Gasteiger partial charge in [-0.1, -0.05) is 12.0 Å². The lowest BCUT2D eigenvalue weighted by Crippen LogP contribution is -2.49. The number of aldehydes is 1. The van der Waals surface area contributed by atoms with Crippen LogP contribution in [0.15, 0.2) is 11.1 Å². The summed E-state index contributed by atoms with van der Waals surface area (Å²) < 4.78 is 0. The molecule has 78 valence electrons. The normalized spacial score (nSPS) is 34.1. The fourth-order valence-electron chi connectivity index (χ4n) is 2.96. The summed E-state index contributed by atoms with van der Waals surface area (Å²) in [4.78, 5) is 13.5. The summed E-state index contributed by atoms with van der Waals surface area (Å²) in [5.41, 5.74) is 2.35. The fourth-order valence-corrected chi connectivity index (χ4v) is 2.96. The van der Waals surface area contributed by atoms with Gasteiger partial charge in [-0.25, -0.2) is 0 Å². The zero-order valence-corrected chi connectivity index (χ0v) is 9.12. The van der Waals surface area contributed by atoms with E-state index in [1.54, 1.807) is 0 Å². The first-order valence-electron chi connectivity index (χ1n) is 5.64. The first-order valence-corrected chi connectivity index (χ1v) is 5.64. The van der Waals surface area contributed by atoms with E-state index in [0.29, 0.717) is 12.1 Å². The average molecular weight is 193 g/mol. The van der Waals surface area contributed by atoms with Crippen LogP contribution in [0.2, 0.25) is 0 Å². The van der Waals surface area contributed by atoms with Gasteiger partial charge < -0.3 is 0 Å². The Balaban J connectivity index is 2.25. The minimum Gasteiger partial charge on any atom is -0.298 e. The molecule has 0 aromatic heterocycles. The largest absolute Gasteiger partial charge is 0.298 e. The van der Waals surface area contributed by atoms with Crippen LogP contribution in [0.3, 0.4) is 0 Å². The Bertz CT molecular complexity index is 269. The van der Waals surface area contributed by atoms with E-state index in [2.05, 4.69) is 18.7 Å². The highest BCUT2D eigenvalue weighted by atomic mass is 16.1. The first kappa shape index (κ1) is 9.91. The molecule has 0 saturated carbocycles. The molecule has 0 amide bonds. The maximum atomic E-state index is 11.0. The van der Waals surface area contributed by atoms with Crippen LogP contribution in [-0.2, 0) is 4.79 Å². The van der Waals surface area contributed by atoms with Gasteiger partial charge >= 0.3 is 0 Å². The minimum absolute atomic E-state index is 0.353. The van der Waals surface area contributed by atoms with Gasteiger partial charge in [-0.05, 0) is 39.7 Å². The van der Waals surface area contributed by atoms with E-state index < -0.39 is 0 Å². The summed E-state index contributed by atoms with van der Waals surface area (Å²) in [6, 6.07) is 1.06. The van der Waals surface area contributed by atoms with Gasteiger partial charge in [0.15, 0.2) is 0 Å². The number of piperidine rings is 1. The Kier molecular flexibility index (Phi) is 2.73. The van der Waals surface area contributed by atoms with Gasteiger partial charge in [-0.15, -0.1) is 0 Å². The number of carbonyl (C=O) groups is 1. The van der Waals surface area contributed by atoms with Crippen LogP contribution in [0.5, 0.6) is 0 Å². The van der Waals surface area contributed by atoms with Gasteiger partial charge in [0.05, 0.1) is 0 Å². The highest BCUT2D eigenvalue weighted by molar-refractivity contribution is 5.76. The van der Waals surface area contributed by atoms with Crippen molar-refractivity contribution in [3.8, 4) is 0 Å². The number of carbonyl (C=O) groups excluding carboxylic acids is 1. The molecule has 2 nitrogen and oxygen atoms in total. The molecule has 0 spiro atoms. The summed E-state index contributed by atoms with van der Waals surface area (Å²) in [5.74, 6) is 0. The van der Waals surface area contributed by atoms with Crippen LogP contribution < -0.4 is 0 Å². The third-order valence-electron chi connectivity index (χ3n) is 3.78. The minimum atomic E-state index is 0.353. The van der Waals surface area contributed by atoms with Crippen LogP contribution in [-0.4, -0.2) is 29.8 Å². The van der Waals surface area contributed by atoms with Crippen LogP contribution >= 0.6 is 0 Å². The molecule has 2 aliphatic heterocycles. The summed E-state index contributed by atoms with van der Waals surface area (Å²) in [5, 5.41) is 0. The van der Waals surface area contributed by atoms with Crippen molar-refractivity contribution >= 4 is 6.29 Å². The molecular formula is C12H19NO. The van der Waals surface area contributed by atoms with E-state index in [4.69, 9.17) is 0 Å². The Morgan fingerprint density at radius 2 is 2.21 bits per heavy atom. The molecule has 14 heavy (non-hydrogen) atoms. The second kappa shape index (κ2) is 3.85. The zero-order chi connectivity index (χ0) is 10.1. The smallest absolute Gasteiger partial charge is 0.147 e. The van der Waals surface area contributed by atoms with Gasteiger partial charge in [0.25, 0.3) is 0 Å². The van der Waals surface area contributed by atoms with Gasteiger partial charge in [0.1, 0.15) is 6.29 Å². The number of fused-ring (bicyclic) bond motifs is 1. The molecule has 2 heteroatoms. The van der Waals surface area contributed by atoms with Crippen LogP contribution in [0.4, 0.5) is 0 Å². The summed E-state index contributed by atoms with van der Waals surface area (Å²) in [6.45, 7) is 5.47. The molecular weight excluding hydrogens is 174 g/mol. The van der Waals surface area contributed by atoms with Crippen molar-refractivity contribution in [1.29, 1.82) is 0 Å². The van der Waals surface area contributed by atoms with Crippen molar-refractivity contribution < 1.29 is 4.79 Å². The number of rotatable bonds is 1. The van der Waals surface area contributed by atoms with E-state index in [-0.39, 0.29) is 0 Å². The van der Waals surface area contributed by atoms with Crippen LogP contribution in [0, 0.1) is 0 Å². The second-order valence-corrected chi connectivity index (χ2v) is 4.62. The predicted octanol–water partition coefficient (Wildman–Crippen LogP) is 2.15. The Hall–Kier alpha value is -0.630. The van der Waals surface area contributed by atoms with Crippen molar-refractivity contribution in [2.75, 3.05) is 6.54 Å². The molecule has 2 aliphatic rings. The lowest BCUT2D eigenvalue weighted by molar-refractivity contribution is -0.105. The topological polar surface area (TPSA) is 20.3 Å². The Morgan fingerprint density at radius 1 is 1.43 bits per heavy atom. The summed E-state index contributed by atoms with van der Waals surface area (Å²) in [6.07, 6.45) is 6.14. The van der Waals surface area contributed by atoms with E-state index in [0.717, 1.165) is 18.3 Å². The molecule has 0 aliphatic carbocycles. The molecule has 0 aromatic rings. The second-order valence-electron chi connectivity index (χ2n) is 4.62. The Morgan fingerprint density at radius 3 is 2.93 bits per heavy atom. The highest BCUT2D eigenvalue weighted by Crippen LogP contribution is 2.32. The number of hydrogen-bond donors (Lipinski definition) is 0. The maximum absolute atomic E-state index is 11.0. The van der Waals surface area contributed by atoms with Crippen LogP contribution in [0.1, 0.15) is 39.5 Å². The molecule has 2 atom stereocenters. The molecule has 2 rings (SSSR count). The third-order valence-corrected chi connectivity index (χ3v) is 3.78. The van der Waals surface area contributed by atoms with Crippen molar-refractivity contribution in [2.24, 2.45) is 0 Å². The SMILES string of the molecule is CC1=C(C=O)[C@@H](C)N2CCCC[C@H]2C1. The highest BCUT2D eigenvalue weighted by Gasteiger charge is 2.33. The van der Waals surface area contributed by atoms with Gasteiger partial charge in [-0.2, -0.15) is 0 Å². The average Bonchev–Trinajstić information content (AvgIpc) is 2.18. The van der Waals surface area contributed by atoms with E-state index in [1.807, 2.05) is 0 Å². The fraction of sp³-hybridized carbons (Fsp3) is 0.750. The van der Waals surface area contributed by atoms with Gasteiger partial charge in [-0.3, -0.25) is 9.69 Å². The summed E-state index contributed by atoms with van der Waals surface area (Å²) >= 11 is 0. The number of nitrogens with zero attached hydrogens (tertiary/aromatic N) is 1. The van der Waals surface area contributed by atoms with Gasteiger partial charge in [0.2, 0.25) is 0 Å². The molecule has 2 heterocycles. The monoisotopic (exact) mass is 193 g/mol. The van der Waals surface area contributed by atoms with Crippen molar-refractivity contribution in [1.82, 2.24) is 4.90 Å². The molecule has 1 fully saturated rings. The van der Waals surface area contributed by atoms with Crippen molar-refractivity contribution in [2.45, 2.75) is 51.6 Å². The zero-order valence-electron chi connectivity index (χ0n) is 9.12. The van der Waals surface area contributed by atoms with Gasteiger partial charge in [0, 0.05) is 17.7 Å². The number of hydrogen-bond acceptors (Lipinski definition) is 2. The predicted molar refractivity (Wildman–Crippen MR) is 57.2 cm³/mol. The maximum Gasteiger partial charge on any atom is 0.147 e. The molecule has 0 bridgehead atoms. The molecule has 0 unspecified atom stereocenters. The van der Waals surface area contributed by atoms with E-state index in [1.165, 1.54) is 31.4 Å². The lowest BCUT2D eigenvalue weighted by atomic mass is 9.85. The quantitative estimate of drug-likeness (QED) is 0.595. The molecule has 0 aromatic carbocycles. The first-order chi connectivity index (χ1) is 6.74. The van der Waals surface area contributed by atoms with Crippen LogP contribution in [0.25, 0.3) is 0 Å². The molecule has 0 N–H and O–H groups in total. The standard InChI is InChI=1S/C12H19NO/c1-9-7-11-5-3-4-6-13(11)10(2)12(9)8-14/h8,10-11H,3-7H2,1-2H3/t10-,11+/m1/s1. The van der Waals surface area contributed by atoms with E-state index in [9.17, 15) is 4.79 Å². The summed E-state index contributed by atoms with van der Waals surface area (Å²) in [7, 11) is 0. The molecule has 1 saturated heterocycles. The molecule has 0 radical (unpaired) electrons. The Labute approximate surface area is 86.0 Å². The van der Waals surface area contributed by atoms with Crippen molar-refractivity contribution in [3.63, 3.8) is 0 Å². The third kappa shape index (κ3) is 1.52.